The lowest BCUT2D eigenvalue weighted by Crippen LogP contribution is -2.28. The van der Waals surface area contributed by atoms with Crippen LogP contribution in [-0.2, 0) is 5.41 Å². The van der Waals surface area contributed by atoms with Gasteiger partial charge >= 0.3 is 0 Å². The molecule has 4 heteroatoms. The summed E-state index contributed by atoms with van der Waals surface area (Å²) >= 11 is 0. The second-order valence-electron chi connectivity index (χ2n) is 12.2. The molecule has 0 atom stereocenters. The van der Waals surface area contributed by atoms with Crippen LogP contribution < -0.4 is 0 Å². The van der Waals surface area contributed by atoms with Gasteiger partial charge in [-0.3, -0.25) is 15.0 Å². The van der Waals surface area contributed by atoms with E-state index in [2.05, 4.69) is 131 Å². The molecule has 9 rings (SSSR count). The van der Waals surface area contributed by atoms with Crippen LogP contribution in [0.3, 0.4) is 0 Å². The van der Waals surface area contributed by atoms with Crippen LogP contribution in [0.15, 0.2) is 182 Å². The van der Waals surface area contributed by atoms with Gasteiger partial charge in [-0.15, -0.1) is 0 Å². The van der Waals surface area contributed by atoms with Crippen LogP contribution in [0, 0.1) is 0 Å². The first-order valence-corrected chi connectivity index (χ1v) is 16.5. The average molecular weight is 627 g/mol. The Morgan fingerprint density at radius 3 is 1.41 bits per heavy atom. The Hall–Kier alpha value is -6.52. The molecule has 0 bridgehead atoms. The van der Waals surface area contributed by atoms with Crippen molar-refractivity contribution < 1.29 is 0 Å². The van der Waals surface area contributed by atoms with Gasteiger partial charge in [0, 0.05) is 24.2 Å². The van der Waals surface area contributed by atoms with E-state index in [4.69, 9.17) is 9.97 Å². The minimum absolute atomic E-state index is 0.521. The van der Waals surface area contributed by atoms with Gasteiger partial charge in [-0.2, -0.15) is 0 Å². The summed E-state index contributed by atoms with van der Waals surface area (Å²) in [5.74, 6) is 0. The summed E-state index contributed by atoms with van der Waals surface area (Å²) in [4.78, 5) is 19.4. The van der Waals surface area contributed by atoms with Crippen LogP contribution in [0.2, 0.25) is 0 Å². The maximum atomic E-state index is 5.07. The summed E-state index contributed by atoms with van der Waals surface area (Å²) in [6.07, 6.45) is 5.50. The molecule has 0 aliphatic heterocycles. The zero-order valence-electron chi connectivity index (χ0n) is 26.6. The molecule has 1 aliphatic rings. The second kappa shape index (κ2) is 11.9. The molecule has 0 saturated heterocycles. The number of hydrogen-bond acceptors (Lipinski definition) is 4. The standard InChI is InChI=1S/C45H30N4/c1-3-15-32(16-4-1)45(33-17-5-2-6-18-33)36-20-8-7-19-35(36)43-37(45)25-24-34(44(43)40-23-11-14-28-48-40)31-29-41(38-21-9-12-26-46-38)49-42(30-31)39-22-10-13-27-47-39/h1-30H. The third-order valence-corrected chi connectivity index (χ3v) is 9.54. The van der Waals surface area contributed by atoms with E-state index in [-0.39, 0.29) is 0 Å². The molecular formula is C45H30N4. The molecule has 4 nitrogen and oxygen atoms in total. The lowest BCUT2D eigenvalue weighted by molar-refractivity contribution is 0.768. The molecule has 0 fully saturated rings. The Bertz CT molecular complexity index is 2310. The van der Waals surface area contributed by atoms with E-state index in [1.807, 2.05) is 61.1 Å². The minimum atomic E-state index is -0.521. The molecule has 0 spiro atoms. The lowest BCUT2D eigenvalue weighted by Gasteiger charge is -2.34. The molecule has 230 valence electrons. The van der Waals surface area contributed by atoms with Gasteiger partial charge in [0.1, 0.15) is 0 Å². The van der Waals surface area contributed by atoms with E-state index in [0.29, 0.717) is 0 Å². The van der Waals surface area contributed by atoms with Crippen molar-refractivity contribution in [2.75, 3.05) is 0 Å². The quantitative estimate of drug-likeness (QED) is 0.184. The average Bonchev–Trinajstić information content (AvgIpc) is 3.50. The smallest absolute Gasteiger partial charge is 0.0900 e. The zero-order chi connectivity index (χ0) is 32.6. The van der Waals surface area contributed by atoms with Crippen molar-refractivity contribution in [3.8, 4) is 56.3 Å². The third kappa shape index (κ3) is 4.68. The van der Waals surface area contributed by atoms with Crippen LogP contribution >= 0.6 is 0 Å². The van der Waals surface area contributed by atoms with Crippen LogP contribution in [0.25, 0.3) is 56.3 Å². The Labute approximate surface area is 285 Å². The number of nitrogens with zero attached hydrogens (tertiary/aromatic N) is 4. The van der Waals surface area contributed by atoms with E-state index in [1.54, 1.807) is 0 Å². The summed E-state index contributed by atoms with van der Waals surface area (Å²) < 4.78 is 0. The molecular weight excluding hydrogens is 597 g/mol. The van der Waals surface area contributed by atoms with Crippen molar-refractivity contribution in [2.24, 2.45) is 0 Å². The SMILES string of the molecule is c1ccc(C2(c3ccccc3)c3ccccc3-c3c2ccc(-c2cc(-c4ccccn4)nc(-c4ccccn4)c2)c3-c2ccccn2)cc1. The molecule has 0 saturated carbocycles. The lowest BCUT2D eigenvalue weighted by atomic mass is 9.67. The molecule has 0 unspecified atom stereocenters. The number of hydrogen-bond donors (Lipinski definition) is 0. The molecule has 8 aromatic rings. The number of rotatable bonds is 6. The first-order chi connectivity index (χ1) is 24.3. The highest BCUT2D eigenvalue weighted by atomic mass is 14.8. The van der Waals surface area contributed by atoms with E-state index in [0.717, 1.165) is 45.2 Å². The first kappa shape index (κ1) is 28.7. The Morgan fingerprint density at radius 1 is 0.347 bits per heavy atom. The van der Waals surface area contributed by atoms with Crippen molar-refractivity contribution in [1.29, 1.82) is 0 Å². The minimum Gasteiger partial charge on any atom is -0.256 e. The fourth-order valence-electron chi connectivity index (χ4n) is 7.53. The van der Waals surface area contributed by atoms with Gasteiger partial charge in [-0.05, 0) is 93.0 Å². The highest BCUT2D eigenvalue weighted by molar-refractivity contribution is 6.01. The summed E-state index contributed by atoms with van der Waals surface area (Å²) in [7, 11) is 0. The van der Waals surface area contributed by atoms with Crippen LogP contribution in [0.4, 0.5) is 0 Å². The maximum Gasteiger partial charge on any atom is 0.0900 e. The number of aromatic nitrogens is 4. The van der Waals surface area contributed by atoms with Gasteiger partial charge in [0.2, 0.25) is 0 Å². The van der Waals surface area contributed by atoms with Gasteiger partial charge in [0.05, 0.1) is 33.9 Å². The van der Waals surface area contributed by atoms with Crippen LogP contribution in [0.5, 0.6) is 0 Å². The number of fused-ring (bicyclic) bond motifs is 3. The van der Waals surface area contributed by atoms with Gasteiger partial charge in [0.15, 0.2) is 0 Å². The van der Waals surface area contributed by atoms with Gasteiger partial charge in [0.25, 0.3) is 0 Å². The summed E-state index contributed by atoms with van der Waals surface area (Å²) in [5.41, 5.74) is 14.1. The van der Waals surface area contributed by atoms with Gasteiger partial charge < -0.3 is 0 Å². The van der Waals surface area contributed by atoms with Crippen LogP contribution in [0.1, 0.15) is 22.3 Å². The Morgan fingerprint density at radius 2 is 0.857 bits per heavy atom. The highest BCUT2D eigenvalue weighted by Gasteiger charge is 2.47. The van der Waals surface area contributed by atoms with E-state index >= 15 is 0 Å². The summed E-state index contributed by atoms with van der Waals surface area (Å²) in [6, 6.07) is 57.6. The van der Waals surface area contributed by atoms with Crippen molar-refractivity contribution in [2.45, 2.75) is 5.41 Å². The van der Waals surface area contributed by atoms with Gasteiger partial charge in [-0.1, -0.05) is 115 Å². The molecule has 4 aromatic heterocycles. The fraction of sp³-hybridized carbons (Fsp3) is 0.0222. The van der Waals surface area contributed by atoms with E-state index in [9.17, 15) is 0 Å². The Kier molecular flexibility index (Phi) is 6.98. The zero-order valence-corrected chi connectivity index (χ0v) is 26.6. The molecule has 1 aliphatic carbocycles. The molecule has 49 heavy (non-hydrogen) atoms. The first-order valence-electron chi connectivity index (χ1n) is 16.5. The molecule has 0 amide bonds. The second-order valence-corrected chi connectivity index (χ2v) is 12.2. The fourth-order valence-corrected chi connectivity index (χ4v) is 7.53. The third-order valence-electron chi connectivity index (χ3n) is 9.54. The molecule has 4 aromatic carbocycles. The normalized spacial score (nSPS) is 12.7. The van der Waals surface area contributed by atoms with Crippen molar-refractivity contribution in [3.63, 3.8) is 0 Å². The van der Waals surface area contributed by atoms with E-state index < -0.39 is 5.41 Å². The van der Waals surface area contributed by atoms with Crippen molar-refractivity contribution in [1.82, 2.24) is 19.9 Å². The molecule has 4 heterocycles. The van der Waals surface area contributed by atoms with Crippen LogP contribution in [-0.4, -0.2) is 19.9 Å². The predicted molar refractivity (Wildman–Crippen MR) is 197 cm³/mol. The largest absolute Gasteiger partial charge is 0.256 e. The number of benzene rings is 4. The summed E-state index contributed by atoms with van der Waals surface area (Å²) in [5, 5.41) is 0. The highest BCUT2D eigenvalue weighted by Crippen LogP contribution is 2.59. The predicted octanol–water partition coefficient (Wildman–Crippen LogP) is 10.3. The van der Waals surface area contributed by atoms with Crippen molar-refractivity contribution in [3.05, 3.63) is 205 Å². The number of pyridine rings is 4. The van der Waals surface area contributed by atoms with Gasteiger partial charge in [-0.25, -0.2) is 4.98 Å². The molecule has 0 N–H and O–H groups in total. The maximum absolute atomic E-state index is 5.07. The van der Waals surface area contributed by atoms with E-state index in [1.165, 1.54) is 33.4 Å². The monoisotopic (exact) mass is 626 g/mol. The molecule has 0 radical (unpaired) electrons. The summed E-state index contributed by atoms with van der Waals surface area (Å²) in [6.45, 7) is 0. The topological polar surface area (TPSA) is 51.6 Å². The van der Waals surface area contributed by atoms with Crippen molar-refractivity contribution >= 4 is 0 Å². The Balaban J connectivity index is 1.40.